The molecule has 0 amide bonds. The largest absolute Gasteiger partial charge is 0.411 e. The van der Waals surface area contributed by atoms with Crippen molar-refractivity contribution < 1.29 is 17.9 Å². The molecule has 2 nitrogen and oxygen atoms in total. The lowest BCUT2D eigenvalue weighted by Crippen LogP contribution is -2.25. The molecule has 0 saturated carbocycles. The average Bonchev–Trinajstić information content (AvgIpc) is 2.27. The number of rotatable bonds is 6. The quantitative estimate of drug-likeness (QED) is 0.837. The lowest BCUT2D eigenvalue weighted by molar-refractivity contribution is -0.176. The second-order valence-corrected chi connectivity index (χ2v) is 3.92. The van der Waals surface area contributed by atoms with E-state index in [-0.39, 0.29) is 12.5 Å². The Hall–Kier alpha value is -1.07. The van der Waals surface area contributed by atoms with Crippen molar-refractivity contribution in [2.75, 3.05) is 19.8 Å². The Bertz CT molecular complexity index is 313. The van der Waals surface area contributed by atoms with Crippen LogP contribution in [0.5, 0.6) is 0 Å². The van der Waals surface area contributed by atoms with Gasteiger partial charge in [0.2, 0.25) is 0 Å². The lowest BCUT2D eigenvalue weighted by atomic mass is 10.0. The number of hydrogen-bond donors (Lipinski definition) is 1. The summed E-state index contributed by atoms with van der Waals surface area (Å²) in [7, 11) is 0. The average molecular weight is 247 g/mol. The van der Waals surface area contributed by atoms with E-state index in [0.29, 0.717) is 13.0 Å². The maximum absolute atomic E-state index is 11.9. The molecule has 1 atom stereocenters. The number of halogens is 3. The van der Waals surface area contributed by atoms with Gasteiger partial charge in [0, 0.05) is 0 Å². The summed E-state index contributed by atoms with van der Waals surface area (Å²) in [5.74, 6) is -0.0836. The van der Waals surface area contributed by atoms with Crippen molar-refractivity contribution in [2.45, 2.75) is 12.6 Å². The summed E-state index contributed by atoms with van der Waals surface area (Å²) in [6.45, 7) is -0.865. The van der Waals surface area contributed by atoms with Crippen LogP contribution >= 0.6 is 0 Å². The van der Waals surface area contributed by atoms with E-state index in [1.165, 1.54) is 0 Å². The Labute approximate surface area is 98.6 Å². The minimum atomic E-state index is -4.27. The minimum absolute atomic E-state index is 0.0326. The molecule has 0 aliphatic heterocycles. The zero-order valence-corrected chi connectivity index (χ0v) is 9.41. The number of benzene rings is 1. The molecule has 0 aliphatic carbocycles. The Balaban J connectivity index is 2.34. The summed E-state index contributed by atoms with van der Waals surface area (Å²) in [5, 5.41) is 0. The van der Waals surface area contributed by atoms with E-state index in [0.717, 1.165) is 5.56 Å². The third-order valence-corrected chi connectivity index (χ3v) is 2.32. The molecule has 1 rings (SSSR count). The number of hydrogen-bond acceptors (Lipinski definition) is 2. The zero-order chi connectivity index (χ0) is 12.7. The van der Waals surface area contributed by atoms with Crippen LogP contribution in [-0.4, -0.2) is 25.9 Å². The van der Waals surface area contributed by atoms with E-state index in [9.17, 15) is 13.2 Å². The van der Waals surface area contributed by atoms with Gasteiger partial charge in [-0.25, -0.2) is 0 Å². The van der Waals surface area contributed by atoms with Gasteiger partial charge < -0.3 is 10.5 Å². The maximum atomic E-state index is 11.9. The van der Waals surface area contributed by atoms with E-state index < -0.39 is 12.8 Å². The molecule has 0 radical (unpaired) electrons. The highest BCUT2D eigenvalue weighted by atomic mass is 19.4. The number of alkyl halides is 3. The van der Waals surface area contributed by atoms with E-state index >= 15 is 0 Å². The van der Waals surface area contributed by atoms with Crippen LogP contribution in [0.2, 0.25) is 0 Å². The molecule has 5 heteroatoms. The van der Waals surface area contributed by atoms with Gasteiger partial charge in [0.05, 0.1) is 6.61 Å². The highest BCUT2D eigenvalue weighted by molar-refractivity contribution is 5.15. The maximum Gasteiger partial charge on any atom is 0.411 e. The van der Waals surface area contributed by atoms with Gasteiger partial charge in [-0.2, -0.15) is 13.2 Å². The summed E-state index contributed by atoms with van der Waals surface area (Å²) in [4.78, 5) is 0. The number of ether oxygens (including phenoxy) is 1. The van der Waals surface area contributed by atoms with Crippen molar-refractivity contribution in [2.24, 2.45) is 11.7 Å². The van der Waals surface area contributed by atoms with Crippen LogP contribution in [-0.2, 0) is 11.2 Å². The first-order chi connectivity index (χ1) is 8.01. The fourth-order valence-corrected chi connectivity index (χ4v) is 1.50. The van der Waals surface area contributed by atoms with Gasteiger partial charge in [-0.05, 0) is 24.4 Å². The second kappa shape index (κ2) is 6.61. The van der Waals surface area contributed by atoms with Crippen LogP contribution in [0.25, 0.3) is 0 Å². The molecule has 1 aromatic rings. The molecule has 2 N–H and O–H groups in total. The van der Waals surface area contributed by atoms with Gasteiger partial charge in [0.25, 0.3) is 0 Å². The molecular formula is C12H16F3NO. The predicted octanol–water partition coefficient (Wildman–Crippen LogP) is 2.38. The van der Waals surface area contributed by atoms with Crippen LogP contribution in [0.3, 0.4) is 0 Å². The summed E-state index contributed by atoms with van der Waals surface area (Å²) in [6.07, 6.45) is -3.64. The van der Waals surface area contributed by atoms with Crippen molar-refractivity contribution in [3.8, 4) is 0 Å². The second-order valence-electron chi connectivity index (χ2n) is 3.92. The molecule has 0 saturated heterocycles. The first-order valence-electron chi connectivity index (χ1n) is 5.40. The SMILES string of the molecule is NCC(COCC(F)(F)F)Cc1ccccc1. The normalized spacial score (nSPS) is 13.6. The Morgan fingerprint density at radius 2 is 1.82 bits per heavy atom. The summed E-state index contributed by atoms with van der Waals surface area (Å²) >= 11 is 0. The van der Waals surface area contributed by atoms with Gasteiger partial charge in [0.15, 0.2) is 0 Å². The molecule has 1 unspecified atom stereocenters. The fourth-order valence-electron chi connectivity index (χ4n) is 1.50. The molecule has 0 fully saturated rings. The fraction of sp³-hybridized carbons (Fsp3) is 0.500. The van der Waals surface area contributed by atoms with Crippen LogP contribution in [0.15, 0.2) is 30.3 Å². The first kappa shape index (κ1) is 14.0. The van der Waals surface area contributed by atoms with Crippen molar-refractivity contribution in [3.63, 3.8) is 0 Å². The Kier molecular flexibility index (Phi) is 5.44. The summed E-state index contributed by atoms with van der Waals surface area (Å²) in [6, 6.07) is 9.51. The molecule has 0 spiro atoms. The topological polar surface area (TPSA) is 35.2 Å². The summed E-state index contributed by atoms with van der Waals surface area (Å²) in [5.41, 5.74) is 6.56. The molecule has 96 valence electrons. The predicted molar refractivity (Wildman–Crippen MR) is 59.6 cm³/mol. The molecule has 0 aliphatic rings. The van der Waals surface area contributed by atoms with E-state index in [4.69, 9.17) is 5.73 Å². The molecule has 0 aromatic heterocycles. The van der Waals surface area contributed by atoms with E-state index in [1.54, 1.807) is 0 Å². The first-order valence-corrected chi connectivity index (χ1v) is 5.40. The van der Waals surface area contributed by atoms with Crippen LogP contribution in [0.1, 0.15) is 5.56 Å². The third-order valence-electron chi connectivity index (χ3n) is 2.32. The van der Waals surface area contributed by atoms with Crippen molar-refractivity contribution in [1.82, 2.24) is 0 Å². The van der Waals surface area contributed by atoms with Gasteiger partial charge >= 0.3 is 6.18 Å². The van der Waals surface area contributed by atoms with Crippen molar-refractivity contribution in [1.29, 1.82) is 0 Å². The molecule has 0 bridgehead atoms. The van der Waals surface area contributed by atoms with Gasteiger partial charge in [-0.1, -0.05) is 30.3 Å². The van der Waals surface area contributed by atoms with E-state index in [2.05, 4.69) is 4.74 Å². The molecule has 17 heavy (non-hydrogen) atoms. The zero-order valence-electron chi connectivity index (χ0n) is 9.41. The smallest absolute Gasteiger partial charge is 0.372 e. The highest BCUT2D eigenvalue weighted by Crippen LogP contribution is 2.15. The minimum Gasteiger partial charge on any atom is -0.372 e. The molecule has 0 heterocycles. The van der Waals surface area contributed by atoms with Crippen molar-refractivity contribution in [3.05, 3.63) is 35.9 Å². The lowest BCUT2D eigenvalue weighted by Gasteiger charge is -2.16. The Morgan fingerprint density at radius 1 is 1.18 bits per heavy atom. The number of nitrogens with two attached hydrogens (primary N) is 1. The monoisotopic (exact) mass is 247 g/mol. The Morgan fingerprint density at radius 3 is 2.35 bits per heavy atom. The van der Waals surface area contributed by atoms with Gasteiger partial charge in [-0.15, -0.1) is 0 Å². The molecular weight excluding hydrogens is 231 g/mol. The molecule has 1 aromatic carbocycles. The third kappa shape index (κ3) is 6.28. The standard InChI is InChI=1S/C12H16F3NO/c13-12(14,15)9-17-8-11(7-16)6-10-4-2-1-3-5-10/h1-5,11H,6-9,16H2. The summed E-state index contributed by atoms with van der Waals surface area (Å²) < 4.78 is 40.3. The van der Waals surface area contributed by atoms with Crippen LogP contribution < -0.4 is 5.73 Å². The van der Waals surface area contributed by atoms with Crippen LogP contribution in [0, 0.1) is 5.92 Å². The highest BCUT2D eigenvalue weighted by Gasteiger charge is 2.27. The van der Waals surface area contributed by atoms with E-state index in [1.807, 2.05) is 30.3 Å². The van der Waals surface area contributed by atoms with Gasteiger partial charge in [0.1, 0.15) is 6.61 Å². The van der Waals surface area contributed by atoms with Crippen molar-refractivity contribution >= 4 is 0 Å². The van der Waals surface area contributed by atoms with Crippen LogP contribution in [0.4, 0.5) is 13.2 Å². The van der Waals surface area contributed by atoms with Gasteiger partial charge in [-0.3, -0.25) is 0 Å².